The van der Waals surface area contributed by atoms with Gasteiger partial charge in [0.25, 0.3) is 11.5 Å². The maximum absolute atomic E-state index is 13.4. The van der Waals surface area contributed by atoms with E-state index in [0.29, 0.717) is 31.9 Å². The van der Waals surface area contributed by atoms with E-state index in [1.165, 1.54) is 6.07 Å². The summed E-state index contributed by atoms with van der Waals surface area (Å²) in [5, 5.41) is 8.29. The van der Waals surface area contributed by atoms with Crippen molar-refractivity contribution in [2.24, 2.45) is 5.41 Å². The summed E-state index contributed by atoms with van der Waals surface area (Å²) < 4.78 is 30.1. The average molecular weight is 384 g/mol. The van der Waals surface area contributed by atoms with E-state index in [0.717, 1.165) is 11.3 Å². The Kier molecular flexibility index (Phi) is 3.62. The minimum absolute atomic E-state index is 0.0115. The Morgan fingerprint density at radius 1 is 1.14 bits per heavy atom. The molecule has 0 amide bonds. The predicted octanol–water partition coefficient (Wildman–Crippen LogP) is 2.05. The van der Waals surface area contributed by atoms with Crippen LogP contribution in [-0.4, -0.2) is 43.6 Å². The zero-order valence-electron chi connectivity index (χ0n) is 15.0. The molecule has 7 nitrogen and oxygen atoms in total. The van der Waals surface area contributed by atoms with E-state index in [2.05, 4.69) is 15.3 Å². The third kappa shape index (κ3) is 2.78. The number of aryl methyl sites for hydroxylation is 2. The molecular weight excluding hydrogens is 366 g/mol. The number of alkyl halides is 2. The number of hydrogen-bond acceptors (Lipinski definition) is 5. The van der Waals surface area contributed by atoms with E-state index in [-0.39, 0.29) is 12.0 Å². The lowest BCUT2D eigenvalue weighted by atomic mass is 9.95. The maximum Gasteiger partial charge on any atom is 0.258 e. The molecule has 0 bridgehead atoms. The van der Waals surface area contributed by atoms with Crippen molar-refractivity contribution in [1.82, 2.24) is 24.5 Å². The molecule has 3 aromatic heterocycles. The van der Waals surface area contributed by atoms with Crippen molar-refractivity contribution in [3.63, 3.8) is 0 Å². The normalized spacial score (nSPS) is 18.9. The highest BCUT2D eigenvalue weighted by Crippen LogP contribution is 2.65. The highest BCUT2D eigenvalue weighted by molar-refractivity contribution is 5.64. The number of halogens is 2. The molecule has 0 atom stereocenters. The van der Waals surface area contributed by atoms with Crippen LogP contribution >= 0.6 is 0 Å². The molecule has 1 aliphatic heterocycles. The van der Waals surface area contributed by atoms with Crippen molar-refractivity contribution < 1.29 is 8.78 Å². The van der Waals surface area contributed by atoms with Crippen LogP contribution in [0.3, 0.4) is 0 Å². The summed E-state index contributed by atoms with van der Waals surface area (Å²) in [4.78, 5) is 17.9. The van der Waals surface area contributed by atoms with Gasteiger partial charge in [-0.3, -0.25) is 14.5 Å². The first-order valence-electron chi connectivity index (χ1n) is 9.10. The van der Waals surface area contributed by atoms with Crippen LogP contribution in [0, 0.1) is 5.41 Å². The van der Waals surface area contributed by atoms with Gasteiger partial charge in [-0.05, 0) is 12.1 Å². The van der Waals surface area contributed by atoms with E-state index >= 15 is 0 Å². The lowest BCUT2D eigenvalue weighted by Gasteiger charge is -2.41. The van der Waals surface area contributed by atoms with E-state index in [4.69, 9.17) is 0 Å². The van der Waals surface area contributed by atoms with Gasteiger partial charge in [0.2, 0.25) is 0 Å². The minimum Gasteiger partial charge on any atom is -0.369 e. The van der Waals surface area contributed by atoms with E-state index in [1.54, 1.807) is 40.1 Å². The Labute approximate surface area is 159 Å². The summed E-state index contributed by atoms with van der Waals surface area (Å²) >= 11 is 0. The van der Waals surface area contributed by atoms with Crippen LogP contribution < -0.4 is 10.5 Å². The van der Waals surface area contributed by atoms with Gasteiger partial charge in [-0.15, -0.1) is 5.10 Å². The molecule has 9 heteroatoms. The van der Waals surface area contributed by atoms with Gasteiger partial charge >= 0.3 is 0 Å². The van der Waals surface area contributed by atoms with Crippen molar-refractivity contribution in [1.29, 1.82) is 0 Å². The van der Waals surface area contributed by atoms with Crippen molar-refractivity contribution in [3.05, 3.63) is 59.4 Å². The smallest absolute Gasteiger partial charge is 0.258 e. The molecule has 1 saturated heterocycles. The second-order valence-corrected chi connectivity index (χ2v) is 7.55. The number of pyridine rings is 2. The van der Waals surface area contributed by atoms with Crippen molar-refractivity contribution >= 4 is 5.69 Å². The summed E-state index contributed by atoms with van der Waals surface area (Å²) in [6, 6.07) is 6.93. The molecule has 3 aromatic rings. The molecule has 0 unspecified atom stereocenters. The quantitative estimate of drug-likeness (QED) is 0.674. The van der Waals surface area contributed by atoms with Crippen LogP contribution in [0.15, 0.2) is 53.8 Å². The molecule has 1 spiro atoms. The monoisotopic (exact) mass is 384 g/mol. The summed E-state index contributed by atoms with van der Waals surface area (Å²) in [6.07, 6.45) is 6.88. The molecule has 5 rings (SSSR count). The maximum atomic E-state index is 13.4. The van der Waals surface area contributed by atoms with Gasteiger partial charge in [0, 0.05) is 50.1 Å². The second kappa shape index (κ2) is 5.95. The molecule has 0 aromatic carbocycles. The third-order valence-electron chi connectivity index (χ3n) is 5.59. The fourth-order valence-electron chi connectivity index (χ4n) is 3.73. The van der Waals surface area contributed by atoms with Gasteiger partial charge in [-0.25, -0.2) is 8.78 Å². The Morgan fingerprint density at radius 3 is 2.71 bits per heavy atom. The first-order valence-corrected chi connectivity index (χ1v) is 9.10. The van der Waals surface area contributed by atoms with Crippen LogP contribution in [0.2, 0.25) is 0 Å². The highest BCUT2D eigenvalue weighted by atomic mass is 19.3. The first kappa shape index (κ1) is 17.0. The van der Waals surface area contributed by atoms with Crippen LogP contribution in [-0.2, 0) is 13.1 Å². The topological polar surface area (TPSA) is 68.8 Å². The summed E-state index contributed by atoms with van der Waals surface area (Å²) in [7, 11) is 0. The number of aromatic nitrogens is 5. The van der Waals surface area contributed by atoms with E-state index in [9.17, 15) is 13.6 Å². The van der Waals surface area contributed by atoms with Crippen molar-refractivity contribution in [2.45, 2.75) is 25.4 Å². The Bertz CT molecular complexity index is 1090. The molecule has 1 aliphatic carbocycles. The van der Waals surface area contributed by atoms with Gasteiger partial charge in [-0.2, -0.15) is 0 Å². The van der Waals surface area contributed by atoms with Crippen LogP contribution in [0.5, 0.6) is 0 Å². The molecule has 0 N–H and O–H groups in total. The van der Waals surface area contributed by atoms with E-state index in [1.807, 2.05) is 17.0 Å². The third-order valence-corrected chi connectivity index (χ3v) is 5.59. The Hall–Kier alpha value is -3.10. The lowest BCUT2D eigenvalue weighted by molar-refractivity contribution is 0.0520. The van der Waals surface area contributed by atoms with Gasteiger partial charge in [-0.1, -0.05) is 11.3 Å². The van der Waals surface area contributed by atoms with E-state index < -0.39 is 11.3 Å². The zero-order chi connectivity index (χ0) is 19.4. The number of nitrogens with zero attached hydrogens (tertiary/aromatic N) is 6. The van der Waals surface area contributed by atoms with Crippen LogP contribution in [0.1, 0.15) is 6.42 Å². The molecule has 4 heterocycles. The summed E-state index contributed by atoms with van der Waals surface area (Å²) in [5.74, 6) is -2.52. The Balaban J connectivity index is 1.27. The number of anilines is 1. The van der Waals surface area contributed by atoms with Gasteiger partial charge < -0.3 is 9.47 Å². The fourth-order valence-corrected chi connectivity index (χ4v) is 3.73. The SMILES string of the molecule is O=c1ccccn1CCn1cc(-c2cncc(N3CC4(C3)CC4(F)F)c2)nn1. The number of hydrogen-bond donors (Lipinski definition) is 0. The zero-order valence-corrected chi connectivity index (χ0v) is 15.0. The number of rotatable bonds is 5. The predicted molar refractivity (Wildman–Crippen MR) is 98.2 cm³/mol. The van der Waals surface area contributed by atoms with Crippen LogP contribution in [0.25, 0.3) is 11.3 Å². The molecule has 0 radical (unpaired) electrons. The van der Waals surface area contributed by atoms with Gasteiger partial charge in [0.1, 0.15) is 5.69 Å². The molecule has 2 fully saturated rings. The molecule has 28 heavy (non-hydrogen) atoms. The highest BCUT2D eigenvalue weighted by Gasteiger charge is 2.75. The minimum atomic E-state index is -2.52. The van der Waals surface area contributed by atoms with Crippen molar-refractivity contribution in [2.75, 3.05) is 18.0 Å². The molecular formula is C19H18F2N6O. The second-order valence-electron chi connectivity index (χ2n) is 7.55. The van der Waals surface area contributed by atoms with Crippen molar-refractivity contribution in [3.8, 4) is 11.3 Å². The summed E-state index contributed by atoms with van der Waals surface area (Å²) in [5.41, 5.74) is 1.37. The Morgan fingerprint density at radius 2 is 1.96 bits per heavy atom. The fraction of sp³-hybridized carbons (Fsp3) is 0.368. The largest absolute Gasteiger partial charge is 0.369 e. The molecule has 144 valence electrons. The van der Waals surface area contributed by atoms with Gasteiger partial charge in [0.15, 0.2) is 0 Å². The summed E-state index contributed by atoms with van der Waals surface area (Å²) in [6.45, 7) is 1.73. The first-order chi connectivity index (χ1) is 13.5. The lowest BCUT2D eigenvalue weighted by Crippen LogP contribution is -2.51. The molecule has 2 aliphatic rings. The van der Waals surface area contributed by atoms with Gasteiger partial charge in [0.05, 0.1) is 30.0 Å². The average Bonchev–Trinajstić information content (AvgIpc) is 3.01. The molecule has 1 saturated carbocycles. The standard InChI is InChI=1S/C19H18F2N6O/c20-19(21)11-18(19)12-26(13-18)15-7-14(8-22-9-15)16-10-27(24-23-16)6-5-25-4-2-1-3-17(25)28/h1-4,7-10H,5-6,11-13H2. The van der Waals surface area contributed by atoms with Crippen LogP contribution in [0.4, 0.5) is 14.5 Å².